The molecule has 0 radical (unpaired) electrons. The van der Waals surface area contributed by atoms with Crippen molar-refractivity contribution in [1.82, 2.24) is 0 Å². The Balaban J connectivity index is 2.11. The van der Waals surface area contributed by atoms with Crippen molar-refractivity contribution in [2.24, 2.45) is 23.7 Å². The smallest absolute Gasteiger partial charge is 0.0681 e. The van der Waals surface area contributed by atoms with Gasteiger partial charge in [0.25, 0.3) is 0 Å². The quantitative estimate of drug-likeness (QED) is 0.536. The molecule has 4 aliphatic rings. The van der Waals surface area contributed by atoms with E-state index in [1.54, 1.807) is 0 Å². The Hall–Kier alpha value is -0.0400. The molecule has 0 spiro atoms. The molecule has 56 valence electrons. The van der Waals surface area contributed by atoms with Crippen LogP contribution in [-0.2, 0) is 0 Å². The average Bonchev–Trinajstić information content (AvgIpc) is 2.47. The van der Waals surface area contributed by atoms with Crippen molar-refractivity contribution in [3.63, 3.8) is 0 Å². The molecular weight excluding hydrogens is 124 g/mol. The normalized spacial score (nSPS) is 70.2. The number of rotatable bonds is 0. The lowest BCUT2D eigenvalue weighted by atomic mass is 9.86. The van der Waals surface area contributed by atoms with Gasteiger partial charge in [-0.2, -0.15) is 0 Å². The summed E-state index contributed by atoms with van der Waals surface area (Å²) in [6.45, 7) is 2.06. The molecule has 0 aromatic carbocycles. The Morgan fingerprint density at radius 2 is 1.60 bits per heavy atom. The third-order valence-electron chi connectivity index (χ3n) is 4.36. The van der Waals surface area contributed by atoms with Crippen LogP contribution in [0.5, 0.6) is 0 Å². The highest BCUT2D eigenvalue weighted by Crippen LogP contribution is 2.67. The van der Waals surface area contributed by atoms with Crippen LogP contribution < -0.4 is 0 Å². The van der Waals surface area contributed by atoms with Crippen molar-refractivity contribution < 1.29 is 5.11 Å². The summed E-state index contributed by atoms with van der Waals surface area (Å²) in [4.78, 5) is 0. The predicted octanol–water partition coefficient (Wildman–Crippen LogP) is 1.41. The lowest BCUT2D eigenvalue weighted by Crippen LogP contribution is -2.33. The van der Waals surface area contributed by atoms with E-state index in [9.17, 15) is 5.11 Å². The summed E-state index contributed by atoms with van der Waals surface area (Å²) in [5.74, 6) is 3.18. The highest BCUT2D eigenvalue weighted by Gasteiger charge is 2.65. The Morgan fingerprint density at radius 1 is 1.10 bits per heavy atom. The lowest BCUT2D eigenvalue weighted by Gasteiger charge is -2.27. The van der Waals surface area contributed by atoms with E-state index in [4.69, 9.17) is 0 Å². The van der Waals surface area contributed by atoms with Crippen molar-refractivity contribution in [2.75, 3.05) is 0 Å². The predicted molar refractivity (Wildman–Crippen MR) is 38.4 cm³/mol. The second-order valence-corrected chi connectivity index (χ2v) is 4.67. The van der Waals surface area contributed by atoms with Crippen molar-refractivity contribution >= 4 is 0 Å². The molecule has 0 heterocycles. The second kappa shape index (κ2) is 1.29. The van der Waals surface area contributed by atoms with E-state index in [0.717, 1.165) is 11.8 Å². The van der Waals surface area contributed by atoms with Crippen LogP contribution in [0.1, 0.15) is 26.2 Å². The summed E-state index contributed by atoms with van der Waals surface area (Å²) in [6.07, 6.45) is 4.11. The molecule has 0 aromatic rings. The summed E-state index contributed by atoms with van der Waals surface area (Å²) >= 11 is 0. The fourth-order valence-corrected chi connectivity index (χ4v) is 3.98. The second-order valence-electron chi connectivity index (χ2n) is 4.67. The van der Waals surface area contributed by atoms with Crippen molar-refractivity contribution in [2.45, 2.75) is 31.8 Å². The molecule has 4 bridgehead atoms. The molecule has 10 heavy (non-hydrogen) atoms. The van der Waals surface area contributed by atoms with E-state index in [1.165, 1.54) is 19.3 Å². The number of aliphatic hydroxyl groups is 1. The van der Waals surface area contributed by atoms with Gasteiger partial charge in [-0.05, 0) is 49.9 Å². The van der Waals surface area contributed by atoms with Crippen LogP contribution in [0, 0.1) is 23.7 Å². The van der Waals surface area contributed by atoms with Gasteiger partial charge < -0.3 is 5.11 Å². The molecule has 4 unspecified atom stereocenters. The third kappa shape index (κ3) is 0.378. The maximum absolute atomic E-state index is 9.99. The lowest BCUT2D eigenvalue weighted by molar-refractivity contribution is -0.00757. The zero-order valence-corrected chi connectivity index (χ0v) is 6.38. The van der Waals surface area contributed by atoms with Crippen LogP contribution >= 0.6 is 0 Å². The Morgan fingerprint density at radius 3 is 1.80 bits per heavy atom. The van der Waals surface area contributed by atoms with Gasteiger partial charge in [-0.15, -0.1) is 0 Å². The highest BCUT2D eigenvalue weighted by molar-refractivity contribution is 5.14. The minimum Gasteiger partial charge on any atom is -0.390 e. The molecule has 0 saturated heterocycles. The van der Waals surface area contributed by atoms with Gasteiger partial charge in [-0.1, -0.05) is 0 Å². The van der Waals surface area contributed by atoms with E-state index >= 15 is 0 Å². The minimum atomic E-state index is -0.256. The molecule has 0 aliphatic heterocycles. The standard InChI is InChI=1S/C9H14O/c1-9(10)7-3-5-2-6(7)4-8(5)9/h5-8,10H,2-4H2,1H3. The fourth-order valence-electron chi connectivity index (χ4n) is 3.98. The van der Waals surface area contributed by atoms with Gasteiger partial charge in [0, 0.05) is 0 Å². The molecule has 4 aliphatic carbocycles. The summed E-state index contributed by atoms with van der Waals surface area (Å²) in [5.41, 5.74) is -0.256. The molecule has 4 fully saturated rings. The Labute approximate surface area is 61.4 Å². The van der Waals surface area contributed by atoms with E-state index in [2.05, 4.69) is 6.92 Å². The van der Waals surface area contributed by atoms with Gasteiger partial charge in [0.2, 0.25) is 0 Å². The molecule has 4 rings (SSSR count). The molecule has 1 nitrogen and oxygen atoms in total. The van der Waals surface area contributed by atoms with Crippen LogP contribution in [0.2, 0.25) is 0 Å². The van der Waals surface area contributed by atoms with Crippen molar-refractivity contribution in [1.29, 1.82) is 0 Å². The molecule has 0 aromatic heterocycles. The van der Waals surface area contributed by atoms with Gasteiger partial charge in [-0.3, -0.25) is 0 Å². The van der Waals surface area contributed by atoms with Crippen LogP contribution in [0.15, 0.2) is 0 Å². The molecule has 1 N–H and O–H groups in total. The summed E-state index contributed by atoms with van der Waals surface area (Å²) < 4.78 is 0. The van der Waals surface area contributed by atoms with E-state index in [0.29, 0.717) is 11.8 Å². The Bertz CT molecular complexity index is 167. The third-order valence-corrected chi connectivity index (χ3v) is 4.36. The fraction of sp³-hybridized carbons (Fsp3) is 1.00. The molecule has 1 heteroatoms. The Kier molecular flexibility index (Phi) is 0.722. The first-order valence-electron chi connectivity index (χ1n) is 4.42. The zero-order chi connectivity index (χ0) is 6.93. The van der Waals surface area contributed by atoms with Gasteiger partial charge >= 0.3 is 0 Å². The van der Waals surface area contributed by atoms with Crippen LogP contribution in [-0.4, -0.2) is 10.7 Å². The molecule has 0 amide bonds. The van der Waals surface area contributed by atoms with Crippen LogP contribution in [0.3, 0.4) is 0 Å². The summed E-state index contributed by atoms with van der Waals surface area (Å²) in [6, 6.07) is 0. The summed E-state index contributed by atoms with van der Waals surface area (Å²) in [5, 5.41) is 9.99. The molecule has 4 atom stereocenters. The van der Waals surface area contributed by atoms with Gasteiger partial charge in [-0.25, -0.2) is 0 Å². The zero-order valence-electron chi connectivity index (χ0n) is 6.38. The largest absolute Gasteiger partial charge is 0.390 e. The van der Waals surface area contributed by atoms with Gasteiger partial charge in [0.1, 0.15) is 0 Å². The van der Waals surface area contributed by atoms with E-state index < -0.39 is 0 Å². The maximum Gasteiger partial charge on any atom is 0.0681 e. The highest BCUT2D eigenvalue weighted by atomic mass is 16.3. The molecule has 4 saturated carbocycles. The van der Waals surface area contributed by atoms with Crippen molar-refractivity contribution in [3.05, 3.63) is 0 Å². The number of hydrogen-bond acceptors (Lipinski definition) is 1. The van der Waals surface area contributed by atoms with E-state index in [1.807, 2.05) is 0 Å². The maximum atomic E-state index is 9.99. The SMILES string of the molecule is CC1(O)C2CC3CC2CC31. The van der Waals surface area contributed by atoms with E-state index in [-0.39, 0.29) is 5.60 Å². The van der Waals surface area contributed by atoms with Crippen molar-refractivity contribution in [3.8, 4) is 0 Å². The first-order valence-corrected chi connectivity index (χ1v) is 4.42. The average molecular weight is 138 g/mol. The summed E-state index contributed by atoms with van der Waals surface area (Å²) in [7, 11) is 0. The first-order chi connectivity index (χ1) is 4.69. The first kappa shape index (κ1) is 5.59. The molecular formula is C9H14O. The van der Waals surface area contributed by atoms with Crippen LogP contribution in [0.25, 0.3) is 0 Å². The van der Waals surface area contributed by atoms with Crippen LogP contribution in [0.4, 0.5) is 0 Å². The number of hydrogen-bond donors (Lipinski definition) is 1. The van der Waals surface area contributed by atoms with Gasteiger partial charge in [0.05, 0.1) is 5.60 Å². The monoisotopic (exact) mass is 138 g/mol. The minimum absolute atomic E-state index is 0.256. The van der Waals surface area contributed by atoms with Gasteiger partial charge in [0.15, 0.2) is 0 Å². The topological polar surface area (TPSA) is 20.2 Å².